The molecule has 4 aromatic carbocycles. The highest BCUT2D eigenvalue weighted by Gasteiger charge is 2.23. The van der Waals surface area contributed by atoms with E-state index in [-0.39, 0.29) is 12.1 Å². The Balaban J connectivity index is 1.27. The predicted octanol–water partition coefficient (Wildman–Crippen LogP) is 7.38. The molecule has 0 N–H and O–H groups in total. The van der Waals surface area contributed by atoms with Gasteiger partial charge in [0, 0.05) is 13.5 Å². The Morgan fingerprint density at radius 3 is 2.31 bits per heavy atom. The second-order valence-corrected chi connectivity index (χ2v) is 10.5. The van der Waals surface area contributed by atoms with Gasteiger partial charge < -0.3 is 18.9 Å². The van der Waals surface area contributed by atoms with Crippen LogP contribution in [0.25, 0.3) is 12.2 Å². The Morgan fingerprint density at radius 2 is 1.55 bits per heavy atom. The molecule has 0 saturated carbocycles. The van der Waals surface area contributed by atoms with Crippen LogP contribution < -0.4 is 4.74 Å². The average Bonchev–Trinajstić information content (AvgIpc) is 3.15. The molecule has 0 spiro atoms. The summed E-state index contributed by atoms with van der Waals surface area (Å²) in [7, 11) is 1.52. The largest absolute Gasteiger partial charge is 0.491 e. The number of esters is 1. The molecule has 216 valence electrons. The van der Waals surface area contributed by atoms with E-state index < -0.39 is 6.10 Å². The summed E-state index contributed by atoms with van der Waals surface area (Å²) in [6.45, 7) is 5.07. The molecule has 1 aliphatic carbocycles. The monoisotopic (exact) mass is 562 g/mol. The highest BCUT2D eigenvalue weighted by atomic mass is 16.6. The van der Waals surface area contributed by atoms with E-state index in [4.69, 9.17) is 18.9 Å². The number of hydrogen-bond acceptors (Lipinski definition) is 5. The van der Waals surface area contributed by atoms with Gasteiger partial charge in [-0.3, -0.25) is 0 Å². The summed E-state index contributed by atoms with van der Waals surface area (Å²) < 4.78 is 23.0. The minimum absolute atomic E-state index is 0.207. The lowest BCUT2D eigenvalue weighted by molar-refractivity contribution is -0.154. The lowest BCUT2D eigenvalue weighted by atomic mass is 9.92. The number of hydrogen-bond donors (Lipinski definition) is 0. The van der Waals surface area contributed by atoms with E-state index in [1.165, 1.54) is 40.5 Å². The molecule has 2 atom stereocenters. The molecular weight excluding hydrogens is 524 g/mol. The molecule has 0 amide bonds. The van der Waals surface area contributed by atoms with E-state index in [1.807, 2.05) is 30.3 Å². The molecule has 42 heavy (non-hydrogen) atoms. The molecule has 1 aliphatic rings. The van der Waals surface area contributed by atoms with Crippen LogP contribution in [0, 0.1) is 6.92 Å². The van der Waals surface area contributed by atoms with Gasteiger partial charge in [0.1, 0.15) is 18.5 Å². The molecule has 4 aromatic rings. The maximum absolute atomic E-state index is 12.1. The maximum atomic E-state index is 12.1. The van der Waals surface area contributed by atoms with Crippen LogP contribution in [0.3, 0.4) is 0 Å². The maximum Gasteiger partial charge on any atom is 0.335 e. The third-order valence-corrected chi connectivity index (χ3v) is 7.47. The molecule has 0 saturated heterocycles. The molecule has 5 nitrogen and oxygen atoms in total. The van der Waals surface area contributed by atoms with Crippen molar-refractivity contribution in [2.75, 3.05) is 26.9 Å². The molecule has 5 rings (SSSR count). The van der Waals surface area contributed by atoms with Crippen LogP contribution in [0.4, 0.5) is 0 Å². The van der Waals surface area contributed by atoms with Crippen LogP contribution in [-0.2, 0) is 31.8 Å². The molecule has 2 unspecified atom stereocenters. The van der Waals surface area contributed by atoms with Crippen LogP contribution in [0.2, 0.25) is 0 Å². The van der Waals surface area contributed by atoms with E-state index in [2.05, 4.69) is 79.7 Å². The quantitative estimate of drug-likeness (QED) is 0.133. The Kier molecular flexibility index (Phi) is 9.86. The molecule has 0 aliphatic heterocycles. The topological polar surface area (TPSA) is 54.0 Å². The first-order valence-electron chi connectivity index (χ1n) is 14.5. The minimum atomic E-state index is -0.623. The Hall–Kier alpha value is -4.19. The third kappa shape index (κ3) is 7.35. The number of rotatable bonds is 12. The van der Waals surface area contributed by atoms with E-state index in [1.54, 1.807) is 6.92 Å². The lowest BCUT2D eigenvalue weighted by Gasteiger charge is -2.22. The van der Waals surface area contributed by atoms with Gasteiger partial charge in [0.2, 0.25) is 0 Å². The molecule has 0 heterocycles. The van der Waals surface area contributed by atoms with E-state index in [9.17, 15) is 4.79 Å². The van der Waals surface area contributed by atoms with Crippen LogP contribution in [-0.4, -0.2) is 39.0 Å². The summed E-state index contributed by atoms with van der Waals surface area (Å²) >= 11 is 0. The number of benzene rings is 4. The summed E-state index contributed by atoms with van der Waals surface area (Å²) in [5, 5.41) is 0. The van der Waals surface area contributed by atoms with Crippen molar-refractivity contribution in [3.63, 3.8) is 0 Å². The fraction of sp³-hybridized carbons (Fsp3) is 0.270. The Morgan fingerprint density at radius 1 is 0.786 bits per heavy atom. The van der Waals surface area contributed by atoms with Gasteiger partial charge in [-0.05, 0) is 71.3 Å². The van der Waals surface area contributed by atoms with Crippen molar-refractivity contribution in [1.82, 2.24) is 0 Å². The molecular formula is C37H38O5. The fourth-order valence-electron chi connectivity index (χ4n) is 5.31. The summed E-state index contributed by atoms with van der Waals surface area (Å²) in [4.78, 5) is 12.1. The number of carbonyl (C=O) groups excluding carboxylic acids is 1. The van der Waals surface area contributed by atoms with Crippen LogP contribution in [0.5, 0.6) is 5.75 Å². The van der Waals surface area contributed by atoms with Crippen molar-refractivity contribution in [3.8, 4) is 5.75 Å². The summed E-state index contributed by atoms with van der Waals surface area (Å²) in [5.41, 5.74) is 9.40. The van der Waals surface area contributed by atoms with Gasteiger partial charge in [-0.25, -0.2) is 4.79 Å². The fourth-order valence-corrected chi connectivity index (χ4v) is 5.31. The van der Waals surface area contributed by atoms with Gasteiger partial charge in [-0.1, -0.05) is 96.6 Å². The van der Waals surface area contributed by atoms with Gasteiger partial charge in [-0.2, -0.15) is 0 Å². The first-order chi connectivity index (χ1) is 20.5. The van der Waals surface area contributed by atoms with E-state index in [0.29, 0.717) is 26.2 Å². The number of fused-ring (bicyclic) bond motifs is 2. The van der Waals surface area contributed by atoms with Gasteiger partial charge in [0.15, 0.2) is 6.10 Å². The number of aryl methyl sites for hydroxylation is 1. The summed E-state index contributed by atoms with van der Waals surface area (Å²) in [5.74, 6) is 0.397. The average molecular weight is 563 g/mol. The summed E-state index contributed by atoms with van der Waals surface area (Å²) in [6, 6.07) is 31.5. The molecule has 5 heteroatoms. The number of ether oxygens (including phenoxy) is 4. The Labute approximate surface area is 248 Å². The first kappa shape index (κ1) is 29.3. The van der Waals surface area contributed by atoms with Gasteiger partial charge >= 0.3 is 5.97 Å². The Bertz CT molecular complexity index is 1510. The van der Waals surface area contributed by atoms with Crippen molar-refractivity contribution < 1.29 is 23.7 Å². The highest BCUT2D eigenvalue weighted by Crippen LogP contribution is 2.36. The van der Waals surface area contributed by atoms with Crippen molar-refractivity contribution in [3.05, 3.63) is 136 Å². The van der Waals surface area contributed by atoms with E-state index >= 15 is 0 Å². The van der Waals surface area contributed by atoms with Crippen molar-refractivity contribution in [2.45, 2.75) is 38.9 Å². The zero-order valence-electron chi connectivity index (χ0n) is 24.5. The first-order valence-corrected chi connectivity index (χ1v) is 14.5. The van der Waals surface area contributed by atoms with Crippen LogP contribution in [0.15, 0.2) is 91.0 Å². The second kappa shape index (κ2) is 14.1. The van der Waals surface area contributed by atoms with Gasteiger partial charge in [-0.15, -0.1) is 0 Å². The number of methoxy groups -OCH3 is 1. The van der Waals surface area contributed by atoms with Crippen LogP contribution >= 0.6 is 0 Å². The van der Waals surface area contributed by atoms with Crippen molar-refractivity contribution >= 4 is 18.1 Å². The summed E-state index contributed by atoms with van der Waals surface area (Å²) in [6.07, 6.45) is 4.87. The van der Waals surface area contributed by atoms with Crippen molar-refractivity contribution in [1.29, 1.82) is 0 Å². The highest BCUT2D eigenvalue weighted by molar-refractivity contribution is 5.77. The van der Waals surface area contributed by atoms with E-state index in [0.717, 1.165) is 23.3 Å². The number of carbonyl (C=O) groups is 1. The van der Waals surface area contributed by atoms with Gasteiger partial charge in [0.25, 0.3) is 0 Å². The van der Waals surface area contributed by atoms with Crippen LogP contribution in [0.1, 0.15) is 57.5 Å². The smallest absolute Gasteiger partial charge is 0.335 e. The van der Waals surface area contributed by atoms with Gasteiger partial charge in [0.05, 0.1) is 13.2 Å². The molecule has 0 fully saturated rings. The predicted molar refractivity (Wildman–Crippen MR) is 167 cm³/mol. The third-order valence-electron chi connectivity index (χ3n) is 7.47. The molecule has 0 aromatic heterocycles. The SMILES string of the molecule is CCOC(=O)C(Cc1ccc(OCCOC2c3ccc(C)cc3C=Cc3ccc(Cc4ccccc4)cc32)cc1)OC. The molecule has 0 bridgehead atoms. The normalized spacial score (nSPS) is 14.4. The zero-order valence-corrected chi connectivity index (χ0v) is 24.5. The lowest BCUT2D eigenvalue weighted by Crippen LogP contribution is -2.27. The zero-order chi connectivity index (χ0) is 29.3. The minimum Gasteiger partial charge on any atom is -0.491 e. The standard InChI is InChI=1S/C37H38O5/c1-4-40-37(38)35(39-3)25-28-12-17-32(18-13-28)41-20-21-42-36-33-19-10-26(2)22-31(33)16-15-30-14-11-29(24-34(30)36)23-27-8-6-5-7-9-27/h5-19,22,24,35-36H,4,20-21,23,25H2,1-3H3. The second-order valence-electron chi connectivity index (χ2n) is 10.5. The molecule has 0 radical (unpaired) electrons. The van der Waals surface area contributed by atoms with Crippen molar-refractivity contribution in [2.24, 2.45) is 0 Å².